The quantitative estimate of drug-likeness (QED) is 0.602. The molecular formula is C17H22BrNS2. The van der Waals surface area contributed by atoms with Gasteiger partial charge in [0.1, 0.15) is 0 Å². The van der Waals surface area contributed by atoms with Crippen molar-refractivity contribution >= 4 is 39.0 Å². The fraction of sp³-hybridized carbons (Fsp3) is 0.412. The Labute approximate surface area is 144 Å². The Hall–Kier alpha value is -0.290. The average molecular weight is 384 g/mol. The zero-order chi connectivity index (χ0) is 15.1. The van der Waals surface area contributed by atoms with E-state index in [1.54, 1.807) is 0 Å². The first-order valence-corrected chi connectivity index (χ1v) is 9.99. The minimum atomic E-state index is 0.529. The van der Waals surface area contributed by atoms with Gasteiger partial charge in [-0.05, 0) is 60.4 Å². The Kier molecular flexibility index (Phi) is 7.30. The SMILES string of the molecule is CCCNC(CSc1cccc(C)c1)Cc1cc(Br)cs1. The van der Waals surface area contributed by atoms with Gasteiger partial charge in [0.05, 0.1) is 0 Å². The number of aryl methyl sites for hydroxylation is 1. The van der Waals surface area contributed by atoms with Crippen LogP contribution in [-0.2, 0) is 6.42 Å². The van der Waals surface area contributed by atoms with Gasteiger partial charge < -0.3 is 5.32 Å². The molecule has 1 N–H and O–H groups in total. The van der Waals surface area contributed by atoms with Crippen molar-refractivity contribution in [1.29, 1.82) is 0 Å². The van der Waals surface area contributed by atoms with Crippen LogP contribution in [0.3, 0.4) is 0 Å². The molecule has 0 aliphatic heterocycles. The van der Waals surface area contributed by atoms with Crippen molar-refractivity contribution in [3.63, 3.8) is 0 Å². The summed E-state index contributed by atoms with van der Waals surface area (Å²) in [6.45, 7) is 5.46. The van der Waals surface area contributed by atoms with E-state index in [1.165, 1.54) is 26.2 Å². The van der Waals surface area contributed by atoms with E-state index in [2.05, 4.69) is 70.8 Å². The molecule has 1 atom stereocenters. The van der Waals surface area contributed by atoms with Crippen molar-refractivity contribution in [2.45, 2.75) is 37.6 Å². The third kappa shape index (κ3) is 6.15. The first-order valence-electron chi connectivity index (χ1n) is 7.33. The van der Waals surface area contributed by atoms with E-state index in [9.17, 15) is 0 Å². The number of benzene rings is 1. The van der Waals surface area contributed by atoms with Crippen LogP contribution in [0.2, 0.25) is 0 Å². The number of thioether (sulfide) groups is 1. The van der Waals surface area contributed by atoms with Crippen LogP contribution in [0.1, 0.15) is 23.8 Å². The highest BCUT2D eigenvalue weighted by molar-refractivity contribution is 9.10. The molecule has 0 saturated carbocycles. The molecule has 0 saturated heterocycles. The van der Waals surface area contributed by atoms with E-state index in [0.29, 0.717) is 6.04 Å². The molecule has 1 aromatic heterocycles. The number of rotatable bonds is 8. The second-order valence-corrected chi connectivity index (χ2v) is 8.22. The van der Waals surface area contributed by atoms with Gasteiger partial charge in [-0.2, -0.15) is 0 Å². The molecule has 0 radical (unpaired) electrons. The summed E-state index contributed by atoms with van der Waals surface area (Å²) in [4.78, 5) is 2.81. The maximum absolute atomic E-state index is 3.68. The zero-order valence-electron chi connectivity index (χ0n) is 12.6. The van der Waals surface area contributed by atoms with Gasteiger partial charge in [0, 0.05) is 31.4 Å². The van der Waals surface area contributed by atoms with Gasteiger partial charge in [-0.25, -0.2) is 0 Å². The normalized spacial score (nSPS) is 12.5. The molecule has 0 fully saturated rings. The van der Waals surface area contributed by atoms with Crippen molar-refractivity contribution in [3.8, 4) is 0 Å². The maximum atomic E-state index is 3.68. The summed E-state index contributed by atoms with van der Waals surface area (Å²) in [7, 11) is 0. The summed E-state index contributed by atoms with van der Waals surface area (Å²) >= 11 is 7.33. The molecule has 1 unspecified atom stereocenters. The average Bonchev–Trinajstić information content (AvgIpc) is 2.87. The number of halogens is 1. The Balaban J connectivity index is 1.92. The van der Waals surface area contributed by atoms with E-state index >= 15 is 0 Å². The van der Waals surface area contributed by atoms with E-state index in [-0.39, 0.29) is 0 Å². The third-order valence-corrected chi connectivity index (χ3v) is 6.07. The second-order valence-electron chi connectivity index (χ2n) is 5.21. The number of hydrogen-bond donors (Lipinski definition) is 1. The molecule has 4 heteroatoms. The van der Waals surface area contributed by atoms with Crippen molar-refractivity contribution in [2.24, 2.45) is 0 Å². The molecule has 0 aliphatic rings. The Bertz CT molecular complexity index is 553. The maximum Gasteiger partial charge on any atom is 0.0285 e. The van der Waals surface area contributed by atoms with E-state index in [1.807, 2.05) is 23.1 Å². The highest BCUT2D eigenvalue weighted by Crippen LogP contribution is 2.24. The minimum absolute atomic E-state index is 0.529. The lowest BCUT2D eigenvalue weighted by molar-refractivity contribution is 0.553. The molecule has 114 valence electrons. The second kappa shape index (κ2) is 8.99. The molecule has 1 nitrogen and oxygen atoms in total. The highest BCUT2D eigenvalue weighted by Gasteiger charge is 2.11. The zero-order valence-corrected chi connectivity index (χ0v) is 15.8. The van der Waals surface area contributed by atoms with E-state index < -0.39 is 0 Å². The molecule has 0 bridgehead atoms. The monoisotopic (exact) mass is 383 g/mol. The lowest BCUT2D eigenvalue weighted by atomic mass is 10.2. The number of hydrogen-bond acceptors (Lipinski definition) is 3. The summed E-state index contributed by atoms with van der Waals surface area (Å²) in [6.07, 6.45) is 2.29. The highest BCUT2D eigenvalue weighted by atomic mass is 79.9. The van der Waals surface area contributed by atoms with Gasteiger partial charge in [0.15, 0.2) is 0 Å². The van der Waals surface area contributed by atoms with Crippen LogP contribution < -0.4 is 5.32 Å². The topological polar surface area (TPSA) is 12.0 Å². The summed E-state index contributed by atoms with van der Waals surface area (Å²) in [5.74, 6) is 1.11. The molecule has 0 aliphatic carbocycles. The Morgan fingerprint density at radius 3 is 2.86 bits per heavy atom. The number of nitrogens with one attached hydrogen (secondary N) is 1. The van der Waals surface area contributed by atoms with Crippen molar-refractivity contribution in [2.75, 3.05) is 12.3 Å². The largest absolute Gasteiger partial charge is 0.313 e. The van der Waals surface area contributed by atoms with Crippen LogP contribution in [0, 0.1) is 6.92 Å². The van der Waals surface area contributed by atoms with Gasteiger partial charge in [-0.3, -0.25) is 0 Å². The lowest BCUT2D eigenvalue weighted by Crippen LogP contribution is -2.33. The molecule has 1 aromatic carbocycles. The minimum Gasteiger partial charge on any atom is -0.313 e. The van der Waals surface area contributed by atoms with Gasteiger partial charge in [0.25, 0.3) is 0 Å². The van der Waals surface area contributed by atoms with Crippen LogP contribution in [0.25, 0.3) is 0 Å². The van der Waals surface area contributed by atoms with Gasteiger partial charge in [0.2, 0.25) is 0 Å². The third-order valence-electron chi connectivity index (χ3n) is 3.19. The predicted octanol–water partition coefficient (Wildman–Crippen LogP) is 5.52. The van der Waals surface area contributed by atoms with E-state index in [4.69, 9.17) is 0 Å². The Morgan fingerprint density at radius 1 is 1.33 bits per heavy atom. The fourth-order valence-electron chi connectivity index (χ4n) is 2.14. The van der Waals surface area contributed by atoms with Crippen molar-refractivity contribution < 1.29 is 0 Å². The smallest absolute Gasteiger partial charge is 0.0285 e. The van der Waals surface area contributed by atoms with Crippen LogP contribution in [0.15, 0.2) is 45.1 Å². The molecule has 0 spiro atoms. The first-order chi connectivity index (χ1) is 10.2. The molecule has 0 amide bonds. The Morgan fingerprint density at radius 2 is 2.19 bits per heavy atom. The molecular weight excluding hydrogens is 362 g/mol. The summed E-state index contributed by atoms with van der Waals surface area (Å²) in [5.41, 5.74) is 1.33. The number of thiophene rings is 1. The molecule has 2 aromatic rings. The van der Waals surface area contributed by atoms with Crippen molar-refractivity contribution in [1.82, 2.24) is 5.32 Å². The molecule has 21 heavy (non-hydrogen) atoms. The predicted molar refractivity (Wildman–Crippen MR) is 99.7 cm³/mol. The van der Waals surface area contributed by atoms with Crippen LogP contribution >= 0.6 is 39.0 Å². The van der Waals surface area contributed by atoms with Crippen LogP contribution in [0.4, 0.5) is 0 Å². The van der Waals surface area contributed by atoms with Gasteiger partial charge in [-0.15, -0.1) is 23.1 Å². The standard InChI is InChI=1S/C17H22BrNS2/c1-3-7-19-15(10-17-9-14(18)11-20-17)12-21-16-6-4-5-13(2)8-16/h4-6,8-9,11,15,19H,3,7,10,12H2,1-2H3. The fourth-order valence-corrected chi connectivity index (χ4v) is 4.75. The summed E-state index contributed by atoms with van der Waals surface area (Å²) in [5, 5.41) is 5.85. The van der Waals surface area contributed by atoms with Crippen LogP contribution in [0.5, 0.6) is 0 Å². The van der Waals surface area contributed by atoms with Crippen molar-refractivity contribution in [3.05, 3.63) is 50.6 Å². The molecule has 1 heterocycles. The van der Waals surface area contributed by atoms with E-state index in [0.717, 1.165) is 18.7 Å². The summed E-state index contributed by atoms with van der Waals surface area (Å²) < 4.78 is 1.20. The lowest BCUT2D eigenvalue weighted by Gasteiger charge is -2.17. The van der Waals surface area contributed by atoms with Crippen LogP contribution in [-0.4, -0.2) is 18.3 Å². The molecule has 2 rings (SSSR count). The first kappa shape index (κ1) is 17.1. The van der Waals surface area contributed by atoms with Gasteiger partial charge >= 0.3 is 0 Å². The van der Waals surface area contributed by atoms with Gasteiger partial charge in [-0.1, -0.05) is 24.6 Å². The summed E-state index contributed by atoms with van der Waals surface area (Å²) in [6, 6.07) is 11.5.